The van der Waals surface area contributed by atoms with Crippen LogP contribution in [0.1, 0.15) is 63.2 Å². The Labute approximate surface area is 184 Å². The molecule has 0 radical (unpaired) electrons. The summed E-state index contributed by atoms with van der Waals surface area (Å²) in [6.07, 6.45) is 3.98. The molecule has 9 heteroatoms. The van der Waals surface area contributed by atoms with Gasteiger partial charge in [-0.25, -0.2) is 13.2 Å². The molecule has 0 aromatic heterocycles. The molecule has 0 bridgehead atoms. The third-order valence-corrected chi connectivity index (χ3v) is 7.56. The van der Waals surface area contributed by atoms with E-state index in [0.717, 1.165) is 25.7 Å². The number of sulfonamides is 1. The number of nitrogens with zero attached hydrogens (tertiary/aromatic N) is 1. The average molecular weight is 453 g/mol. The van der Waals surface area contributed by atoms with Gasteiger partial charge < -0.3 is 14.8 Å². The zero-order valence-corrected chi connectivity index (χ0v) is 19.2. The van der Waals surface area contributed by atoms with Gasteiger partial charge in [-0.3, -0.25) is 4.79 Å². The molecule has 1 aliphatic carbocycles. The van der Waals surface area contributed by atoms with E-state index in [9.17, 15) is 18.0 Å². The minimum Gasteiger partial charge on any atom is -0.449 e. The molecule has 1 amide bonds. The molecular formula is C22H32N2O6S. The zero-order chi connectivity index (χ0) is 22.6. The maximum absolute atomic E-state index is 12.9. The molecule has 8 nitrogen and oxygen atoms in total. The van der Waals surface area contributed by atoms with Gasteiger partial charge in [-0.15, -0.1) is 0 Å². The second-order valence-corrected chi connectivity index (χ2v) is 10.4. The van der Waals surface area contributed by atoms with Gasteiger partial charge in [0, 0.05) is 19.1 Å². The molecule has 2 aliphatic rings. The lowest BCUT2D eigenvalue weighted by Crippen LogP contribution is -2.48. The first-order chi connectivity index (χ1) is 14.7. The van der Waals surface area contributed by atoms with Gasteiger partial charge >= 0.3 is 5.97 Å². The highest BCUT2D eigenvalue weighted by Crippen LogP contribution is 2.22. The van der Waals surface area contributed by atoms with Gasteiger partial charge in [0.25, 0.3) is 5.91 Å². The monoisotopic (exact) mass is 452 g/mol. The fraction of sp³-hybridized carbons (Fsp3) is 0.636. The molecule has 3 rings (SSSR count). The molecule has 1 aromatic rings. The lowest BCUT2D eigenvalue weighted by molar-refractivity contribution is -0.130. The van der Waals surface area contributed by atoms with Crippen LogP contribution in [0.3, 0.4) is 0 Å². The van der Waals surface area contributed by atoms with Crippen LogP contribution in [0, 0.1) is 0 Å². The van der Waals surface area contributed by atoms with Crippen molar-refractivity contribution in [2.45, 2.75) is 82.1 Å². The van der Waals surface area contributed by atoms with Crippen LogP contribution in [-0.4, -0.2) is 62.0 Å². The predicted octanol–water partition coefficient (Wildman–Crippen LogP) is 2.48. The largest absolute Gasteiger partial charge is 0.449 e. The normalized spacial score (nSPS) is 24.4. The van der Waals surface area contributed by atoms with E-state index in [2.05, 4.69) is 5.32 Å². The van der Waals surface area contributed by atoms with Gasteiger partial charge in [0.15, 0.2) is 6.10 Å². The quantitative estimate of drug-likeness (QED) is 0.666. The molecule has 31 heavy (non-hydrogen) atoms. The number of hydrogen-bond acceptors (Lipinski definition) is 6. The van der Waals surface area contributed by atoms with E-state index in [1.165, 1.54) is 41.9 Å². The van der Waals surface area contributed by atoms with Gasteiger partial charge in [-0.05, 0) is 57.9 Å². The third-order valence-electron chi connectivity index (χ3n) is 5.72. The Balaban J connectivity index is 1.59. The van der Waals surface area contributed by atoms with Crippen LogP contribution in [0.4, 0.5) is 0 Å². The Bertz CT molecular complexity index is 870. The summed E-state index contributed by atoms with van der Waals surface area (Å²) in [6, 6.07) is 5.74. The smallest absolute Gasteiger partial charge is 0.338 e. The Morgan fingerprint density at radius 1 is 1.06 bits per heavy atom. The summed E-state index contributed by atoms with van der Waals surface area (Å²) >= 11 is 0. The second-order valence-electron chi connectivity index (χ2n) is 8.49. The number of nitrogens with one attached hydrogen (secondary N) is 1. The molecule has 3 atom stereocenters. The Morgan fingerprint density at radius 3 is 2.23 bits per heavy atom. The van der Waals surface area contributed by atoms with Crippen LogP contribution >= 0.6 is 0 Å². The van der Waals surface area contributed by atoms with Gasteiger partial charge in [-0.1, -0.05) is 19.3 Å². The highest BCUT2D eigenvalue weighted by molar-refractivity contribution is 7.89. The second kappa shape index (κ2) is 10.1. The van der Waals surface area contributed by atoms with E-state index in [-0.39, 0.29) is 47.7 Å². The average Bonchev–Trinajstić information content (AvgIpc) is 2.73. The van der Waals surface area contributed by atoms with Crippen molar-refractivity contribution in [2.24, 2.45) is 0 Å². The molecular weight excluding hydrogens is 420 g/mol. The summed E-state index contributed by atoms with van der Waals surface area (Å²) in [5.74, 6) is -0.973. The van der Waals surface area contributed by atoms with Crippen molar-refractivity contribution in [2.75, 3.05) is 13.1 Å². The number of amides is 1. The van der Waals surface area contributed by atoms with Crippen LogP contribution in [0.5, 0.6) is 0 Å². The van der Waals surface area contributed by atoms with Crippen molar-refractivity contribution >= 4 is 21.9 Å². The summed E-state index contributed by atoms with van der Waals surface area (Å²) in [4.78, 5) is 24.8. The number of hydrogen-bond donors (Lipinski definition) is 1. The van der Waals surface area contributed by atoms with Crippen LogP contribution in [0.2, 0.25) is 0 Å². The SMILES string of the molecule is CC1CN(S(=O)(=O)c2ccc(C(=O)OC(C)C(=O)NC3CCCCC3)cc2)CC(C)O1. The van der Waals surface area contributed by atoms with Crippen molar-refractivity contribution < 1.29 is 27.5 Å². The zero-order valence-electron chi connectivity index (χ0n) is 18.4. The van der Waals surface area contributed by atoms with Crippen molar-refractivity contribution in [3.05, 3.63) is 29.8 Å². The lowest BCUT2D eigenvalue weighted by Gasteiger charge is -2.34. The molecule has 3 unspecified atom stereocenters. The van der Waals surface area contributed by atoms with E-state index >= 15 is 0 Å². The van der Waals surface area contributed by atoms with Gasteiger partial charge in [0.2, 0.25) is 10.0 Å². The summed E-state index contributed by atoms with van der Waals surface area (Å²) in [5.41, 5.74) is 0.194. The number of morpholine rings is 1. The number of ether oxygens (including phenoxy) is 2. The van der Waals surface area contributed by atoms with Gasteiger partial charge in [0.05, 0.1) is 22.7 Å². The summed E-state index contributed by atoms with van der Waals surface area (Å²) < 4.78 is 38.1. The molecule has 1 N–H and O–H groups in total. The number of carbonyl (C=O) groups is 2. The first-order valence-corrected chi connectivity index (χ1v) is 12.4. The molecule has 1 aromatic carbocycles. The van der Waals surface area contributed by atoms with Crippen LogP contribution in [0.25, 0.3) is 0 Å². The van der Waals surface area contributed by atoms with E-state index < -0.39 is 22.1 Å². The molecule has 172 valence electrons. The van der Waals surface area contributed by atoms with Crippen molar-refractivity contribution in [1.82, 2.24) is 9.62 Å². The van der Waals surface area contributed by atoms with Gasteiger partial charge in [-0.2, -0.15) is 4.31 Å². The number of rotatable bonds is 6. The minimum atomic E-state index is -3.69. The fourth-order valence-corrected chi connectivity index (χ4v) is 5.68. The first kappa shape index (κ1) is 23.7. The molecule has 1 aliphatic heterocycles. The summed E-state index contributed by atoms with van der Waals surface area (Å²) in [7, 11) is -3.69. The highest BCUT2D eigenvalue weighted by Gasteiger charge is 2.32. The summed E-state index contributed by atoms with van der Waals surface area (Å²) in [6.45, 7) is 5.77. The van der Waals surface area contributed by atoms with Crippen molar-refractivity contribution in [1.29, 1.82) is 0 Å². The molecule has 0 spiro atoms. The third kappa shape index (κ3) is 6.05. The lowest BCUT2D eigenvalue weighted by atomic mass is 9.95. The Morgan fingerprint density at radius 2 is 1.65 bits per heavy atom. The highest BCUT2D eigenvalue weighted by atomic mass is 32.2. The van der Waals surface area contributed by atoms with E-state index in [1.807, 2.05) is 13.8 Å². The molecule has 2 fully saturated rings. The van der Waals surface area contributed by atoms with Gasteiger partial charge in [0.1, 0.15) is 0 Å². The topological polar surface area (TPSA) is 102 Å². The first-order valence-electron chi connectivity index (χ1n) is 10.9. The van der Waals surface area contributed by atoms with E-state index in [4.69, 9.17) is 9.47 Å². The van der Waals surface area contributed by atoms with Crippen LogP contribution in [0.15, 0.2) is 29.2 Å². The number of esters is 1. The minimum absolute atomic E-state index is 0.105. The molecule has 1 heterocycles. The Kier molecular flexibility index (Phi) is 7.72. The van der Waals surface area contributed by atoms with Crippen molar-refractivity contribution in [3.63, 3.8) is 0 Å². The Hall–Kier alpha value is -1.97. The number of carbonyl (C=O) groups excluding carboxylic acids is 2. The van der Waals surface area contributed by atoms with E-state index in [0.29, 0.717) is 0 Å². The fourth-order valence-electron chi connectivity index (χ4n) is 4.09. The standard InChI is InChI=1S/C22H32N2O6S/c1-15-13-24(14-16(2)29-15)31(27,28)20-11-9-18(10-12-20)22(26)30-17(3)21(25)23-19-7-5-4-6-8-19/h9-12,15-17,19H,4-8,13-14H2,1-3H3,(H,23,25). The van der Waals surface area contributed by atoms with E-state index in [1.54, 1.807) is 0 Å². The van der Waals surface area contributed by atoms with Crippen LogP contribution in [-0.2, 0) is 24.3 Å². The maximum Gasteiger partial charge on any atom is 0.338 e. The van der Waals surface area contributed by atoms with Crippen LogP contribution < -0.4 is 5.32 Å². The number of benzene rings is 1. The predicted molar refractivity (Wildman–Crippen MR) is 115 cm³/mol. The van der Waals surface area contributed by atoms with Crippen molar-refractivity contribution in [3.8, 4) is 0 Å². The maximum atomic E-state index is 12.9. The molecule has 1 saturated heterocycles. The molecule has 1 saturated carbocycles. The summed E-state index contributed by atoms with van der Waals surface area (Å²) in [5, 5.41) is 2.94.